The molecule has 0 aromatic heterocycles. The summed E-state index contributed by atoms with van der Waals surface area (Å²) in [4.78, 5) is 38.0. The van der Waals surface area contributed by atoms with Crippen molar-refractivity contribution in [3.8, 4) is 0 Å². The summed E-state index contributed by atoms with van der Waals surface area (Å²) in [6, 6.07) is 11.8. The first-order chi connectivity index (χ1) is 16.2. The number of carbonyl (C=O) groups is 3. The first-order valence-corrected chi connectivity index (χ1v) is 12.5. The van der Waals surface area contributed by atoms with Gasteiger partial charge in [0.25, 0.3) is 5.91 Å². The molecule has 1 fully saturated rings. The minimum absolute atomic E-state index is 0.0877. The summed E-state index contributed by atoms with van der Waals surface area (Å²) in [5, 5.41) is 2.70. The molecule has 0 radical (unpaired) electrons. The lowest BCUT2D eigenvalue weighted by atomic mass is 9.75. The summed E-state index contributed by atoms with van der Waals surface area (Å²) in [6.45, 7) is 7.91. The molecule has 1 aliphatic rings. The lowest BCUT2D eigenvalue weighted by Crippen LogP contribution is -2.36. The van der Waals surface area contributed by atoms with Gasteiger partial charge in [0, 0.05) is 10.2 Å². The second-order valence-corrected chi connectivity index (χ2v) is 10.3. The van der Waals surface area contributed by atoms with Crippen molar-refractivity contribution in [3.05, 3.63) is 63.6 Å². The second kappa shape index (κ2) is 11.6. The van der Waals surface area contributed by atoms with Crippen molar-refractivity contribution in [2.24, 2.45) is 17.8 Å². The summed E-state index contributed by atoms with van der Waals surface area (Å²) in [6.07, 6.45) is 2.78. The molecule has 1 N–H and O–H groups in total. The molecule has 1 saturated carbocycles. The zero-order valence-corrected chi connectivity index (χ0v) is 21.7. The van der Waals surface area contributed by atoms with E-state index in [9.17, 15) is 14.4 Å². The number of halogens is 1. The summed E-state index contributed by atoms with van der Waals surface area (Å²) in [7, 11) is 0. The molecule has 6 nitrogen and oxygen atoms in total. The summed E-state index contributed by atoms with van der Waals surface area (Å²) in [5.74, 6) is -0.560. The lowest BCUT2D eigenvalue weighted by Gasteiger charge is -2.36. The van der Waals surface area contributed by atoms with E-state index < -0.39 is 24.5 Å². The van der Waals surface area contributed by atoms with E-state index >= 15 is 0 Å². The Morgan fingerprint density at radius 1 is 1.06 bits per heavy atom. The Bertz CT molecular complexity index is 1050. The van der Waals surface area contributed by atoms with E-state index in [4.69, 9.17) is 9.47 Å². The average molecular weight is 530 g/mol. The van der Waals surface area contributed by atoms with Crippen LogP contribution in [0.4, 0.5) is 5.69 Å². The number of carbonyl (C=O) groups excluding carboxylic acids is 3. The predicted molar refractivity (Wildman–Crippen MR) is 135 cm³/mol. The van der Waals surface area contributed by atoms with Crippen LogP contribution in [0, 0.1) is 24.7 Å². The number of benzene rings is 2. The number of hydrogen-bond donors (Lipinski definition) is 1. The van der Waals surface area contributed by atoms with Gasteiger partial charge < -0.3 is 14.8 Å². The molecule has 34 heavy (non-hydrogen) atoms. The standard InChI is InChI=1S/C27H32BrNO5/c1-16(2)20-11-9-17(3)13-24(20)34-27(32)22-8-6-5-7-21(22)26(31)33-15-25(30)29-19-10-12-23(28)18(4)14-19/h5-8,10,12,14,16-17,20,24H,9,11,13,15H2,1-4H3,(H,29,30)/t17-,20+,24+/m0/s1. The number of amides is 1. The van der Waals surface area contributed by atoms with Crippen molar-refractivity contribution in [2.75, 3.05) is 11.9 Å². The highest BCUT2D eigenvalue weighted by Gasteiger charge is 2.34. The van der Waals surface area contributed by atoms with Gasteiger partial charge in [-0.25, -0.2) is 9.59 Å². The third-order valence-electron chi connectivity index (χ3n) is 6.36. The SMILES string of the molecule is Cc1cc(NC(=O)COC(=O)c2ccccc2C(=O)O[C@@H]2C[C@@H](C)CC[C@@H]2C(C)C)ccc1Br. The molecule has 0 saturated heterocycles. The second-order valence-electron chi connectivity index (χ2n) is 9.40. The minimum Gasteiger partial charge on any atom is -0.458 e. The Balaban J connectivity index is 1.64. The van der Waals surface area contributed by atoms with Crippen molar-refractivity contribution in [3.63, 3.8) is 0 Å². The lowest BCUT2D eigenvalue weighted by molar-refractivity contribution is -0.119. The largest absolute Gasteiger partial charge is 0.458 e. The van der Waals surface area contributed by atoms with Gasteiger partial charge in [-0.3, -0.25) is 4.79 Å². The molecular formula is C27H32BrNO5. The van der Waals surface area contributed by atoms with E-state index in [0.717, 1.165) is 29.3 Å². The maximum absolute atomic E-state index is 13.0. The van der Waals surface area contributed by atoms with Crippen LogP contribution in [0.3, 0.4) is 0 Å². The minimum atomic E-state index is -0.743. The highest BCUT2D eigenvalue weighted by atomic mass is 79.9. The number of anilines is 1. The monoisotopic (exact) mass is 529 g/mol. The molecule has 0 unspecified atom stereocenters. The van der Waals surface area contributed by atoms with Gasteiger partial charge in [0.15, 0.2) is 6.61 Å². The van der Waals surface area contributed by atoms with Crippen molar-refractivity contribution in [1.82, 2.24) is 0 Å². The van der Waals surface area contributed by atoms with Gasteiger partial charge in [-0.1, -0.05) is 55.3 Å². The van der Waals surface area contributed by atoms with Gasteiger partial charge in [0.05, 0.1) is 11.1 Å². The van der Waals surface area contributed by atoms with Gasteiger partial charge in [-0.15, -0.1) is 0 Å². The molecule has 1 aliphatic carbocycles. The van der Waals surface area contributed by atoms with Gasteiger partial charge in [0.2, 0.25) is 0 Å². The number of ether oxygens (including phenoxy) is 2. The van der Waals surface area contributed by atoms with E-state index in [0.29, 0.717) is 23.4 Å². The molecule has 7 heteroatoms. The number of aryl methyl sites for hydroxylation is 1. The Hall–Kier alpha value is -2.67. The Labute approximate surface area is 209 Å². The van der Waals surface area contributed by atoms with Crippen LogP contribution in [-0.4, -0.2) is 30.6 Å². The van der Waals surface area contributed by atoms with Crippen LogP contribution in [0.5, 0.6) is 0 Å². The smallest absolute Gasteiger partial charge is 0.339 e. The fourth-order valence-electron chi connectivity index (χ4n) is 4.42. The zero-order valence-electron chi connectivity index (χ0n) is 20.1. The quantitative estimate of drug-likeness (QED) is 0.433. The van der Waals surface area contributed by atoms with Gasteiger partial charge in [0.1, 0.15) is 6.10 Å². The van der Waals surface area contributed by atoms with Crippen LogP contribution in [0.15, 0.2) is 46.9 Å². The fourth-order valence-corrected chi connectivity index (χ4v) is 4.67. The topological polar surface area (TPSA) is 81.7 Å². The van der Waals surface area contributed by atoms with Crippen molar-refractivity contribution in [2.45, 2.75) is 53.1 Å². The Kier molecular flexibility index (Phi) is 8.89. The maximum atomic E-state index is 13.0. The molecule has 3 atom stereocenters. The van der Waals surface area contributed by atoms with Gasteiger partial charge in [-0.05, 0) is 73.4 Å². The number of hydrogen-bond acceptors (Lipinski definition) is 5. The third-order valence-corrected chi connectivity index (χ3v) is 7.25. The van der Waals surface area contributed by atoms with E-state index in [1.807, 2.05) is 19.1 Å². The molecule has 2 aromatic rings. The van der Waals surface area contributed by atoms with Crippen molar-refractivity contribution >= 4 is 39.5 Å². The molecule has 182 valence electrons. The van der Waals surface area contributed by atoms with E-state index in [-0.39, 0.29) is 17.2 Å². The van der Waals surface area contributed by atoms with Gasteiger partial charge >= 0.3 is 11.9 Å². The van der Waals surface area contributed by atoms with E-state index in [1.165, 1.54) is 6.07 Å². The summed E-state index contributed by atoms with van der Waals surface area (Å²) >= 11 is 3.41. The number of esters is 2. The maximum Gasteiger partial charge on any atom is 0.339 e. The predicted octanol–water partition coefficient (Wildman–Crippen LogP) is 6.17. The van der Waals surface area contributed by atoms with Crippen LogP contribution < -0.4 is 5.32 Å². The number of nitrogens with one attached hydrogen (secondary N) is 1. The molecule has 3 rings (SSSR count). The first-order valence-electron chi connectivity index (χ1n) is 11.7. The third kappa shape index (κ3) is 6.69. The molecular weight excluding hydrogens is 498 g/mol. The highest BCUT2D eigenvalue weighted by molar-refractivity contribution is 9.10. The summed E-state index contributed by atoms with van der Waals surface area (Å²) in [5.41, 5.74) is 1.81. The van der Waals surface area contributed by atoms with Crippen molar-refractivity contribution in [1.29, 1.82) is 0 Å². The van der Waals surface area contributed by atoms with Crippen molar-refractivity contribution < 1.29 is 23.9 Å². The molecule has 0 spiro atoms. The summed E-state index contributed by atoms with van der Waals surface area (Å²) < 4.78 is 12.0. The normalized spacial score (nSPS) is 20.0. The molecule has 0 heterocycles. The van der Waals surface area contributed by atoms with Gasteiger partial charge in [-0.2, -0.15) is 0 Å². The molecule has 1 amide bonds. The van der Waals surface area contributed by atoms with E-state index in [1.54, 1.807) is 24.3 Å². The highest BCUT2D eigenvalue weighted by Crippen LogP contribution is 2.36. The fraction of sp³-hybridized carbons (Fsp3) is 0.444. The molecule has 0 aliphatic heterocycles. The Morgan fingerprint density at radius 3 is 2.38 bits per heavy atom. The van der Waals surface area contributed by atoms with E-state index in [2.05, 4.69) is 42.0 Å². The van der Waals surface area contributed by atoms with Crippen LogP contribution in [0.2, 0.25) is 0 Å². The van der Waals surface area contributed by atoms with Crippen LogP contribution >= 0.6 is 15.9 Å². The molecule has 0 bridgehead atoms. The number of rotatable bonds is 7. The van der Waals surface area contributed by atoms with Crippen LogP contribution in [0.1, 0.15) is 66.3 Å². The van der Waals surface area contributed by atoms with Crippen LogP contribution in [-0.2, 0) is 14.3 Å². The first kappa shape index (κ1) is 25.9. The average Bonchev–Trinajstić information content (AvgIpc) is 2.79. The molecule has 2 aromatic carbocycles. The zero-order chi connectivity index (χ0) is 24.8. The van der Waals surface area contributed by atoms with Crippen LogP contribution in [0.25, 0.3) is 0 Å². The Morgan fingerprint density at radius 2 is 1.74 bits per heavy atom.